The van der Waals surface area contributed by atoms with Gasteiger partial charge in [0.15, 0.2) is 6.10 Å². The van der Waals surface area contributed by atoms with Crippen molar-refractivity contribution in [2.45, 2.75) is 194 Å². The Kier molecular flexibility index (Phi) is 45.1. The molecule has 342 valence electrons. The van der Waals surface area contributed by atoms with E-state index in [-0.39, 0.29) is 37.5 Å². The lowest BCUT2D eigenvalue weighted by Gasteiger charge is -2.18. The van der Waals surface area contributed by atoms with Gasteiger partial charge in [-0.1, -0.05) is 168 Å². The van der Waals surface area contributed by atoms with Gasteiger partial charge in [0, 0.05) is 19.3 Å². The smallest absolute Gasteiger partial charge is 0.306 e. The van der Waals surface area contributed by atoms with E-state index in [0.717, 1.165) is 141 Å². The third kappa shape index (κ3) is 46.7. The Bertz CT molecular complexity index is 1340. The van der Waals surface area contributed by atoms with Gasteiger partial charge in [0.05, 0.1) is 0 Å². The summed E-state index contributed by atoms with van der Waals surface area (Å²) in [6, 6.07) is 0. The number of hydrogen-bond acceptors (Lipinski definition) is 6. The molecule has 61 heavy (non-hydrogen) atoms. The number of esters is 3. The van der Waals surface area contributed by atoms with Gasteiger partial charge in [-0.25, -0.2) is 0 Å². The molecule has 0 amide bonds. The average molecular weight is 843 g/mol. The molecule has 0 aromatic rings. The first kappa shape index (κ1) is 56.8. The molecule has 1 unspecified atom stereocenters. The lowest BCUT2D eigenvalue weighted by atomic mass is 10.1. The van der Waals surface area contributed by atoms with Crippen LogP contribution in [0.5, 0.6) is 0 Å². The maximum atomic E-state index is 12.8. The van der Waals surface area contributed by atoms with E-state index >= 15 is 0 Å². The quantitative estimate of drug-likeness (QED) is 0.0264. The first-order valence-electron chi connectivity index (χ1n) is 24.0. The van der Waals surface area contributed by atoms with E-state index in [4.69, 9.17) is 14.2 Å². The van der Waals surface area contributed by atoms with Crippen molar-refractivity contribution in [2.75, 3.05) is 13.2 Å². The molecule has 0 saturated carbocycles. The minimum Gasteiger partial charge on any atom is -0.462 e. The molecule has 1 atom stereocenters. The molecule has 6 heteroatoms. The zero-order chi connectivity index (χ0) is 44.4. The molecule has 0 N–H and O–H groups in total. The molecule has 0 saturated heterocycles. The van der Waals surface area contributed by atoms with Gasteiger partial charge in [0.1, 0.15) is 13.2 Å². The SMILES string of the molecule is CC/C=C\C/C=C\C/C=C\C/C=C\CCCCC(=O)OCC(COC(=O)CCCCC/C=C\C/C=C\C/C=C\CC)OC(=O)CCCCCCC/C=C\C/C=C\C/C=C\CC. The predicted octanol–water partition coefficient (Wildman–Crippen LogP) is 15.7. The molecule has 0 aliphatic rings. The van der Waals surface area contributed by atoms with Gasteiger partial charge in [-0.3, -0.25) is 14.4 Å². The molecule has 0 bridgehead atoms. The van der Waals surface area contributed by atoms with Gasteiger partial charge in [-0.15, -0.1) is 0 Å². The Morgan fingerprint density at radius 3 is 0.967 bits per heavy atom. The van der Waals surface area contributed by atoms with Crippen LogP contribution in [0.15, 0.2) is 122 Å². The highest BCUT2D eigenvalue weighted by atomic mass is 16.6. The monoisotopic (exact) mass is 843 g/mol. The maximum absolute atomic E-state index is 12.8. The van der Waals surface area contributed by atoms with Crippen molar-refractivity contribution in [3.8, 4) is 0 Å². The summed E-state index contributed by atoms with van der Waals surface area (Å²) in [7, 11) is 0. The second-order valence-corrected chi connectivity index (χ2v) is 15.2. The van der Waals surface area contributed by atoms with Crippen molar-refractivity contribution >= 4 is 17.9 Å². The van der Waals surface area contributed by atoms with Crippen LogP contribution in [-0.4, -0.2) is 37.2 Å². The summed E-state index contributed by atoms with van der Waals surface area (Å²) in [5, 5.41) is 0. The fourth-order valence-corrected chi connectivity index (χ4v) is 5.93. The predicted molar refractivity (Wildman–Crippen MR) is 260 cm³/mol. The van der Waals surface area contributed by atoms with Crippen LogP contribution in [0.25, 0.3) is 0 Å². The minimum atomic E-state index is -0.818. The van der Waals surface area contributed by atoms with Crippen LogP contribution in [0.1, 0.15) is 188 Å². The molecule has 6 nitrogen and oxygen atoms in total. The summed E-state index contributed by atoms with van der Waals surface area (Å²) in [4.78, 5) is 37.9. The molecular weight excluding hydrogens is 757 g/mol. The maximum Gasteiger partial charge on any atom is 0.306 e. The normalized spacial score (nSPS) is 13.2. The zero-order valence-corrected chi connectivity index (χ0v) is 38.9. The summed E-state index contributed by atoms with van der Waals surface area (Å²) >= 11 is 0. The van der Waals surface area contributed by atoms with E-state index in [1.165, 1.54) is 0 Å². The lowest BCUT2D eigenvalue weighted by molar-refractivity contribution is -0.167. The van der Waals surface area contributed by atoms with Crippen LogP contribution < -0.4 is 0 Å². The molecule has 0 fully saturated rings. The van der Waals surface area contributed by atoms with Crippen molar-refractivity contribution < 1.29 is 28.6 Å². The fourth-order valence-electron chi connectivity index (χ4n) is 5.93. The van der Waals surface area contributed by atoms with Gasteiger partial charge in [0.2, 0.25) is 0 Å². The molecule has 0 rings (SSSR count). The summed E-state index contributed by atoms with van der Waals surface area (Å²) in [6.45, 7) is 6.19. The topological polar surface area (TPSA) is 78.9 Å². The number of carbonyl (C=O) groups excluding carboxylic acids is 3. The molecule has 0 aromatic carbocycles. The van der Waals surface area contributed by atoms with Crippen molar-refractivity contribution in [3.63, 3.8) is 0 Å². The van der Waals surface area contributed by atoms with Crippen LogP contribution in [0.3, 0.4) is 0 Å². The Morgan fingerprint density at radius 2 is 0.590 bits per heavy atom. The standard InChI is InChI=1S/C55H86O6/c1-4-7-10-13-16-19-22-25-27-30-33-36-39-42-45-48-54(57)60-51-52(50-59-53(56)47-44-41-38-35-32-29-24-21-18-15-12-9-6-3)61-55(58)49-46-43-40-37-34-31-28-26-23-20-17-14-11-8-5-2/h7-12,16-21,25-29,32-33,36,52H,4-6,13-15,22-24,30-31,34-35,37-51H2,1-3H3/b10-7-,11-8-,12-9-,19-16-,20-17-,21-18-,27-25-,28-26-,32-29-,36-33-. The lowest BCUT2D eigenvalue weighted by Crippen LogP contribution is -2.30. The molecule has 0 heterocycles. The third-order valence-electron chi connectivity index (χ3n) is 9.44. The highest BCUT2D eigenvalue weighted by molar-refractivity contribution is 5.71. The van der Waals surface area contributed by atoms with Gasteiger partial charge in [0.25, 0.3) is 0 Å². The Morgan fingerprint density at radius 1 is 0.328 bits per heavy atom. The fraction of sp³-hybridized carbons (Fsp3) is 0.582. The van der Waals surface area contributed by atoms with E-state index in [1.807, 2.05) is 0 Å². The van der Waals surface area contributed by atoms with Gasteiger partial charge >= 0.3 is 17.9 Å². The molecular formula is C55H86O6. The van der Waals surface area contributed by atoms with Crippen LogP contribution in [0.4, 0.5) is 0 Å². The number of carbonyl (C=O) groups is 3. The minimum absolute atomic E-state index is 0.118. The number of hydrogen-bond donors (Lipinski definition) is 0. The molecule has 0 aliphatic heterocycles. The number of allylic oxidation sites excluding steroid dienone is 20. The van der Waals surface area contributed by atoms with Gasteiger partial charge in [-0.05, 0) is 122 Å². The van der Waals surface area contributed by atoms with Crippen LogP contribution in [-0.2, 0) is 28.6 Å². The number of rotatable bonds is 41. The Labute approximate surface area is 373 Å². The van der Waals surface area contributed by atoms with Gasteiger partial charge < -0.3 is 14.2 Å². The van der Waals surface area contributed by atoms with Crippen LogP contribution in [0.2, 0.25) is 0 Å². The number of unbranched alkanes of at least 4 members (excludes halogenated alkanes) is 10. The first-order valence-corrected chi connectivity index (χ1v) is 24.0. The van der Waals surface area contributed by atoms with E-state index in [2.05, 4.69) is 142 Å². The van der Waals surface area contributed by atoms with E-state index < -0.39 is 6.10 Å². The summed E-state index contributed by atoms with van der Waals surface area (Å²) in [5.74, 6) is -1.02. The first-order chi connectivity index (χ1) is 30.0. The van der Waals surface area contributed by atoms with Crippen molar-refractivity contribution in [1.82, 2.24) is 0 Å². The van der Waals surface area contributed by atoms with Crippen molar-refractivity contribution in [3.05, 3.63) is 122 Å². The summed E-state index contributed by atoms with van der Waals surface area (Å²) < 4.78 is 16.7. The van der Waals surface area contributed by atoms with Crippen LogP contribution >= 0.6 is 0 Å². The zero-order valence-electron chi connectivity index (χ0n) is 38.9. The second kappa shape index (κ2) is 48.5. The van der Waals surface area contributed by atoms with Crippen molar-refractivity contribution in [2.24, 2.45) is 0 Å². The largest absolute Gasteiger partial charge is 0.462 e. The molecule has 0 radical (unpaired) electrons. The van der Waals surface area contributed by atoms with Gasteiger partial charge in [-0.2, -0.15) is 0 Å². The van der Waals surface area contributed by atoms with E-state index in [0.29, 0.717) is 19.3 Å². The Balaban J connectivity index is 4.56. The summed E-state index contributed by atoms with van der Waals surface area (Å²) in [5.41, 5.74) is 0. The highest BCUT2D eigenvalue weighted by Crippen LogP contribution is 2.12. The third-order valence-corrected chi connectivity index (χ3v) is 9.44. The van der Waals surface area contributed by atoms with E-state index in [1.54, 1.807) is 0 Å². The molecule has 0 aliphatic carbocycles. The molecule has 0 spiro atoms. The highest BCUT2D eigenvalue weighted by Gasteiger charge is 2.19. The second-order valence-electron chi connectivity index (χ2n) is 15.2. The van der Waals surface area contributed by atoms with Crippen molar-refractivity contribution in [1.29, 1.82) is 0 Å². The number of ether oxygens (including phenoxy) is 3. The Hall–Kier alpha value is -4.19. The van der Waals surface area contributed by atoms with E-state index in [9.17, 15) is 14.4 Å². The summed E-state index contributed by atoms with van der Waals surface area (Å²) in [6.07, 6.45) is 66.1. The van der Waals surface area contributed by atoms with Crippen LogP contribution in [0, 0.1) is 0 Å². The average Bonchev–Trinajstić information content (AvgIpc) is 3.26. The molecule has 0 aromatic heterocycles.